The van der Waals surface area contributed by atoms with Gasteiger partial charge >= 0.3 is 17.9 Å². The molecule has 0 spiro atoms. The van der Waals surface area contributed by atoms with E-state index in [0.29, 0.717) is 25.7 Å². The van der Waals surface area contributed by atoms with Crippen LogP contribution < -0.4 is 0 Å². The number of rotatable bonds is 45. The minimum Gasteiger partial charge on any atom is -0.462 e. The van der Waals surface area contributed by atoms with Crippen LogP contribution in [0.4, 0.5) is 0 Å². The third-order valence-corrected chi connectivity index (χ3v) is 10.4. The van der Waals surface area contributed by atoms with Gasteiger partial charge in [-0.3, -0.25) is 14.4 Å². The second-order valence-corrected chi connectivity index (χ2v) is 16.7. The highest BCUT2D eigenvalue weighted by atomic mass is 16.6. The van der Waals surface area contributed by atoms with E-state index in [1.54, 1.807) is 0 Å². The Bertz CT molecular complexity index is 1400. The molecule has 0 aliphatic carbocycles. The topological polar surface area (TPSA) is 78.9 Å². The Balaban J connectivity index is 4.56. The fourth-order valence-electron chi connectivity index (χ4n) is 6.59. The zero-order chi connectivity index (χ0) is 47.2. The lowest BCUT2D eigenvalue weighted by Gasteiger charge is -2.18. The van der Waals surface area contributed by atoms with E-state index in [1.165, 1.54) is 57.8 Å². The summed E-state index contributed by atoms with van der Waals surface area (Å²) in [6.45, 7) is 6.28. The van der Waals surface area contributed by atoms with Crippen LogP contribution in [0.5, 0.6) is 0 Å². The van der Waals surface area contributed by atoms with Crippen molar-refractivity contribution in [2.75, 3.05) is 13.2 Å². The molecule has 6 heteroatoms. The molecule has 0 aromatic carbocycles. The van der Waals surface area contributed by atoms with Gasteiger partial charge < -0.3 is 14.2 Å². The van der Waals surface area contributed by atoms with E-state index >= 15 is 0 Å². The standard InChI is InChI=1S/C59H94O6/c1-4-7-10-13-16-19-22-25-27-29-30-31-33-34-37-40-43-46-49-52-58(61)64-55-56(54-63-57(60)51-48-45-42-39-36-24-21-18-15-12-9-6-3)65-59(62)53-50-47-44-41-38-35-32-28-26-23-20-17-14-11-8-5-2/h7,9-10,12,16,18-19,21,25,27-28,30-32,34,36-37,39,43,46,56H,4-6,8,11,13-15,17,20,22-24,26,29,33,35,38,40-42,44-45,47-55H2,1-3H3/b10-7-,12-9-,19-16-,21-18-,27-25-,31-30-,32-28-,37-34-,39-36-,46-43-. The Hall–Kier alpha value is -4.19. The van der Waals surface area contributed by atoms with Crippen LogP contribution in [0, 0.1) is 0 Å². The highest BCUT2D eigenvalue weighted by molar-refractivity contribution is 5.71. The molecule has 65 heavy (non-hydrogen) atoms. The molecule has 366 valence electrons. The van der Waals surface area contributed by atoms with E-state index in [2.05, 4.69) is 130 Å². The lowest BCUT2D eigenvalue weighted by Crippen LogP contribution is -2.30. The van der Waals surface area contributed by atoms with E-state index in [4.69, 9.17) is 14.2 Å². The van der Waals surface area contributed by atoms with Crippen molar-refractivity contribution >= 4 is 17.9 Å². The van der Waals surface area contributed by atoms with Crippen molar-refractivity contribution in [1.29, 1.82) is 0 Å². The smallest absolute Gasteiger partial charge is 0.306 e. The van der Waals surface area contributed by atoms with E-state index in [1.807, 2.05) is 12.2 Å². The Morgan fingerprint density at radius 3 is 1.08 bits per heavy atom. The number of carbonyl (C=O) groups excluding carboxylic acids is 3. The maximum absolute atomic E-state index is 12.8. The molecule has 0 aromatic rings. The van der Waals surface area contributed by atoms with E-state index in [-0.39, 0.29) is 37.5 Å². The number of allylic oxidation sites excluding steroid dienone is 20. The van der Waals surface area contributed by atoms with Gasteiger partial charge in [0.15, 0.2) is 6.10 Å². The van der Waals surface area contributed by atoms with Crippen molar-refractivity contribution in [3.63, 3.8) is 0 Å². The van der Waals surface area contributed by atoms with Gasteiger partial charge in [0.2, 0.25) is 0 Å². The van der Waals surface area contributed by atoms with Gasteiger partial charge in [-0.1, -0.05) is 200 Å². The van der Waals surface area contributed by atoms with Crippen LogP contribution in [0.3, 0.4) is 0 Å². The van der Waals surface area contributed by atoms with Crippen LogP contribution in [0.2, 0.25) is 0 Å². The normalized spacial score (nSPS) is 13.1. The zero-order valence-corrected chi connectivity index (χ0v) is 41.7. The van der Waals surface area contributed by atoms with Crippen molar-refractivity contribution in [3.05, 3.63) is 122 Å². The van der Waals surface area contributed by atoms with Gasteiger partial charge in [-0.15, -0.1) is 0 Å². The lowest BCUT2D eigenvalue weighted by molar-refractivity contribution is -0.166. The number of esters is 3. The van der Waals surface area contributed by atoms with Crippen LogP contribution in [0.1, 0.15) is 213 Å². The largest absolute Gasteiger partial charge is 0.462 e. The summed E-state index contributed by atoms with van der Waals surface area (Å²) >= 11 is 0. The third kappa shape index (κ3) is 50.7. The van der Waals surface area contributed by atoms with Gasteiger partial charge in [0.1, 0.15) is 13.2 Å². The number of hydrogen-bond acceptors (Lipinski definition) is 6. The highest BCUT2D eigenvalue weighted by Gasteiger charge is 2.19. The quantitative estimate of drug-likeness (QED) is 0.0262. The van der Waals surface area contributed by atoms with Gasteiger partial charge in [0.25, 0.3) is 0 Å². The molecule has 0 heterocycles. The summed E-state index contributed by atoms with van der Waals surface area (Å²) in [5.41, 5.74) is 0. The summed E-state index contributed by atoms with van der Waals surface area (Å²) in [4.78, 5) is 37.9. The van der Waals surface area contributed by atoms with Crippen molar-refractivity contribution in [1.82, 2.24) is 0 Å². The summed E-state index contributed by atoms with van der Waals surface area (Å²) in [5.74, 6) is -1.07. The Labute approximate surface area is 399 Å². The predicted octanol–water partition coefficient (Wildman–Crippen LogP) is 17.3. The average Bonchev–Trinajstić information content (AvgIpc) is 3.30. The van der Waals surface area contributed by atoms with Crippen molar-refractivity contribution in [2.24, 2.45) is 0 Å². The summed E-state index contributed by atoms with van der Waals surface area (Å²) in [7, 11) is 0. The SMILES string of the molecule is CC/C=C\C/C=C\C/C=C\C/C=C\C/C=C\C/C=C\CCC(=O)OCC(COC(=O)CCCC/C=C\C/C=C\C/C=C\CC)OC(=O)CCCCCCC/C=C\CCCCCCCCC. The predicted molar refractivity (Wildman–Crippen MR) is 279 cm³/mol. The minimum absolute atomic E-state index is 0.128. The first kappa shape index (κ1) is 60.8. The van der Waals surface area contributed by atoms with Crippen LogP contribution in [0.25, 0.3) is 0 Å². The molecular formula is C59H94O6. The molecule has 1 unspecified atom stereocenters. The Morgan fingerprint density at radius 2 is 0.631 bits per heavy atom. The van der Waals surface area contributed by atoms with Crippen molar-refractivity contribution in [2.45, 2.75) is 219 Å². The lowest BCUT2D eigenvalue weighted by atomic mass is 10.1. The number of hydrogen-bond donors (Lipinski definition) is 0. The molecule has 0 N–H and O–H groups in total. The van der Waals surface area contributed by atoms with Gasteiger partial charge in [0, 0.05) is 19.3 Å². The first-order valence-electron chi connectivity index (χ1n) is 26.0. The molecule has 0 amide bonds. The molecule has 6 nitrogen and oxygen atoms in total. The van der Waals surface area contributed by atoms with Crippen LogP contribution in [-0.4, -0.2) is 37.2 Å². The first-order valence-corrected chi connectivity index (χ1v) is 26.0. The van der Waals surface area contributed by atoms with Crippen molar-refractivity contribution < 1.29 is 28.6 Å². The van der Waals surface area contributed by atoms with Gasteiger partial charge in [-0.05, 0) is 116 Å². The molecule has 0 saturated carbocycles. The first-order chi connectivity index (χ1) is 32.0. The van der Waals surface area contributed by atoms with Gasteiger partial charge in [-0.2, -0.15) is 0 Å². The maximum Gasteiger partial charge on any atom is 0.306 e. The molecule has 0 aromatic heterocycles. The zero-order valence-electron chi connectivity index (χ0n) is 41.7. The maximum atomic E-state index is 12.8. The van der Waals surface area contributed by atoms with Crippen molar-refractivity contribution in [3.8, 4) is 0 Å². The highest BCUT2D eigenvalue weighted by Crippen LogP contribution is 2.12. The minimum atomic E-state index is -0.831. The summed E-state index contributed by atoms with van der Waals surface area (Å²) in [5, 5.41) is 0. The average molecular weight is 899 g/mol. The molecule has 0 fully saturated rings. The third-order valence-electron chi connectivity index (χ3n) is 10.4. The molecule has 0 saturated heterocycles. The van der Waals surface area contributed by atoms with Gasteiger partial charge in [-0.25, -0.2) is 0 Å². The van der Waals surface area contributed by atoms with E-state index < -0.39 is 6.10 Å². The van der Waals surface area contributed by atoms with E-state index in [0.717, 1.165) is 103 Å². The summed E-state index contributed by atoms with van der Waals surface area (Å²) in [6.07, 6.45) is 72.0. The van der Waals surface area contributed by atoms with Gasteiger partial charge in [0.05, 0.1) is 0 Å². The molecule has 0 aliphatic heterocycles. The molecule has 1 atom stereocenters. The molecule has 0 aliphatic rings. The van der Waals surface area contributed by atoms with E-state index in [9.17, 15) is 14.4 Å². The molecular weight excluding hydrogens is 805 g/mol. The number of carbonyl (C=O) groups is 3. The molecule has 0 rings (SSSR count). The molecule has 0 radical (unpaired) electrons. The second kappa shape index (κ2) is 52.4. The Kier molecular flexibility index (Phi) is 49.1. The Morgan fingerprint density at radius 1 is 0.323 bits per heavy atom. The van der Waals surface area contributed by atoms with Crippen LogP contribution in [0.15, 0.2) is 122 Å². The second-order valence-electron chi connectivity index (χ2n) is 16.7. The summed E-state index contributed by atoms with van der Waals surface area (Å²) < 4.78 is 16.7. The summed E-state index contributed by atoms with van der Waals surface area (Å²) in [6, 6.07) is 0. The van der Waals surface area contributed by atoms with Crippen LogP contribution >= 0.6 is 0 Å². The fraction of sp³-hybridized carbons (Fsp3) is 0.610. The number of ether oxygens (including phenoxy) is 3. The fourth-order valence-corrected chi connectivity index (χ4v) is 6.59. The van der Waals surface area contributed by atoms with Crippen LogP contribution in [-0.2, 0) is 28.6 Å². The monoisotopic (exact) mass is 899 g/mol. The molecule has 0 bridgehead atoms. The number of unbranched alkanes of at least 4 members (excludes halogenated alkanes) is 14.